The van der Waals surface area contributed by atoms with E-state index in [1.54, 1.807) is 6.07 Å². The van der Waals surface area contributed by atoms with Crippen LogP contribution < -0.4 is 5.32 Å². The second-order valence-corrected chi connectivity index (χ2v) is 8.06. The maximum atomic E-state index is 11.8. The van der Waals surface area contributed by atoms with Crippen LogP contribution in [0, 0.1) is 17.8 Å². The van der Waals surface area contributed by atoms with Crippen molar-refractivity contribution in [1.29, 1.82) is 0 Å². The first-order valence-electron chi connectivity index (χ1n) is 9.02. The Bertz CT molecular complexity index is 865. The van der Waals surface area contributed by atoms with Crippen LogP contribution in [0.4, 0.5) is 5.69 Å². The van der Waals surface area contributed by atoms with Crippen molar-refractivity contribution in [2.24, 2.45) is 17.8 Å². The van der Waals surface area contributed by atoms with Gasteiger partial charge in [0.2, 0.25) is 0 Å². The van der Waals surface area contributed by atoms with Crippen LogP contribution in [0.25, 0.3) is 0 Å². The predicted octanol–water partition coefficient (Wildman–Crippen LogP) is 5.33. The first kappa shape index (κ1) is 15.3. The Kier molecular flexibility index (Phi) is 3.36. The van der Waals surface area contributed by atoms with Crippen molar-refractivity contribution < 1.29 is 9.90 Å². The summed E-state index contributed by atoms with van der Waals surface area (Å²) in [6.45, 7) is 0. The largest absolute Gasteiger partial charge is 0.478 e. The number of carboxylic acids is 1. The molecule has 4 heteroatoms. The maximum Gasteiger partial charge on any atom is 0.337 e. The van der Waals surface area contributed by atoms with Crippen molar-refractivity contribution in [1.82, 2.24) is 0 Å². The first-order valence-corrected chi connectivity index (χ1v) is 9.40. The third kappa shape index (κ3) is 2.15. The van der Waals surface area contributed by atoms with Gasteiger partial charge in [0.05, 0.1) is 17.3 Å². The number of carboxylic acid groups (broad SMARTS) is 1. The Morgan fingerprint density at radius 1 is 1.04 bits per heavy atom. The quantitative estimate of drug-likeness (QED) is 0.766. The molecular formula is C21H20ClNO2. The molecule has 5 rings (SSSR count). The molecule has 0 amide bonds. The number of aromatic carboxylic acids is 1. The van der Waals surface area contributed by atoms with Crippen molar-refractivity contribution in [2.75, 3.05) is 5.32 Å². The lowest BCUT2D eigenvalue weighted by Gasteiger charge is -2.44. The summed E-state index contributed by atoms with van der Waals surface area (Å²) in [7, 11) is 0. The number of anilines is 1. The Hall–Kier alpha value is -2.00. The molecule has 0 unspecified atom stereocenters. The van der Waals surface area contributed by atoms with Crippen molar-refractivity contribution in [3.05, 3.63) is 64.2 Å². The molecule has 2 fully saturated rings. The zero-order chi connectivity index (χ0) is 17.1. The molecule has 0 radical (unpaired) electrons. The van der Waals surface area contributed by atoms with E-state index in [9.17, 15) is 9.90 Å². The summed E-state index contributed by atoms with van der Waals surface area (Å²) in [6, 6.07) is 13.8. The minimum absolute atomic E-state index is 0.0852. The standard InChI is InChI=1S/C21H20ClNO2/c22-16-7-2-1-4-13(16)20-18-12-9-8-11(10-12)17(18)14-5-3-6-15(21(24)25)19(14)23-20/h1-7,11-12,17-18,20,23H,8-10H2,(H,24,25)/t11-,12-,17+,18+,20+/m1/s1. The molecule has 5 atom stereocenters. The molecule has 1 aliphatic heterocycles. The van der Waals surface area contributed by atoms with Gasteiger partial charge >= 0.3 is 5.97 Å². The lowest BCUT2D eigenvalue weighted by atomic mass is 9.67. The fraction of sp³-hybridized carbons (Fsp3) is 0.381. The van der Waals surface area contributed by atoms with Gasteiger partial charge in [-0.15, -0.1) is 0 Å². The SMILES string of the molecule is O=C(O)c1cccc2c1N[C@@H](c1ccccc1Cl)[C@H]1[C@@H]3CC[C@H](C3)[C@@H]21. The molecule has 0 spiro atoms. The number of hydrogen-bond donors (Lipinski definition) is 2. The van der Waals surface area contributed by atoms with E-state index >= 15 is 0 Å². The van der Waals surface area contributed by atoms with Gasteiger partial charge in [0.1, 0.15) is 0 Å². The monoisotopic (exact) mass is 353 g/mol. The molecule has 2 N–H and O–H groups in total. The van der Waals surface area contributed by atoms with Crippen molar-refractivity contribution >= 4 is 23.3 Å². The average Bonchev–Trinajstić information content (AvgIpc) is 3.23. The molecule has 2 aromatic carbocycles. The Balaban J connectivity index is 1.70. The Morgan fingerprint density at radius 3 is 2.60 bits per heavy atom. The summed E-state index contributed by atoms with van der Waals surface area (Å²) in [5.74, 6) is 1.44. The summed E-state index contributed by atoms with van der Waals surface area (Å²) in [5, 5.41) is 14.0. The maximum absolute atomic E-state index is 11.8. The third-order valence-electron chi connectivity index (χ3n) is 6.59. The zero-order valence-electron chi connectivity index (χ0n) is 13.8. The smallest absolute Gasteiger partial charge is 0.337 e. The summed E-state index contributed by atoms with van der Waals surface area (Å²) in [6.07, 6.45) is 3.80. The van der Waals surface area contributed by atoms with E-state index < -0.39 is 5.97 Å². The Morgan fingerprint density at radius 2 is 1.80 bits per heavy atom. The second-order valence-electron chi connectivity index (χ2n) is 7.65. The lowest BCUT2D eigenvalue weighted by molar-refractivity contribution is 0.0697. The minimum atomic E-state index is -0.871. The molecule has 2 aliphatic carbocycles. The van der Waals surface area contributed by atoms with Gasteiger partial charge in [-0.1, -0.05) is 41.9 Å². The molecule has 1 heterocycles. The van der Waals surface area contributed by atoms with Crippen molar-refractivity contribution in [2.45, 2.75) is 31.2 Å². The topological polar surface area (TPSA) is 49.3 Å². The lowest BCUT2D eigenvalue weighted by Crippen LogP contribution is -2.36. The molecule has 2 aromatic rings. The number of hydrogen-bond acceptors (Lipinski definition) is 2. The normalized spacial score (nSPS) is 32.0. The van der Waals surface area contributed by atoms with Crippen LogP contribution in [0.3, 0.4) is 0 Å². The van der Waals surface area contributed by atoms with Gasteiger partial charge in [0, 0.05) is 5.02 Å². The highest BCUT2D eigenvalue weighted by molar-refractivity contribution is 6.31. The van der Waals surface area contributed by atoms with Crippen LogP contribution in [0.1, 0.15) is 52.7 Å². The van der Waals surface area contributed by atoms with E-state index in [1.165, 1.54) is 24.8 Å². The van der Waals surface area contributed by atoms with E-state index in [4.69, 9.17) is 11.6 Å². The zero-order valence-corrected chi connectivity index (χ0v) is 14.5. The third-order valence-corrected chi connectivity index (χ3v) is 6.94. The van der Waals surface area contributed by atoms with Crippen LogP contribution >= 0.6 is 11.6 Å². The number of rotatable bonds is 2. The molecule has 0 aromatic heterocycles. The molecule has 0 saturated heterocycles. The summed E-state index contributed by atoms with van der Waals surface area (Å²) in [5.41, 5.74) is 3.46. The minimum Gasteiger partial charge on any atom is -0.478 e. The van der Waals surface area contributed by atoms with Gasteiger partial charge in [-0.3, -0.25) is 0 Å². The summed E-state index contributed by atoms with van der Waals surface area (Å²) in [4.78, 5) is 11.8. The van der Waals surface area contributed by atoms with Crippen LogP contribution in [0.5, 0.6) is 0 Å². The molecule has 25 heavy (non-hydrogen) atoms. The summed E-state index contributed by atoms with van der Waals surface area (Å²) < 4.78 is 0. The number of para-hydroxylation sites is 1. The number of halogens is 1. The van der Waals surface area contributed by atoms with Gasteiger partial charge in [0.15, 0.2) is 0 Å². The molecule has 2 saturated carbocycles. The fourth-order valence-corrected chi connectivity index (χ4v) is 5.98. The van der Waals surface area contributed by atoms with E-state index in [0.29, 0.717) is 29.2 Å². The van der Waals surface area contributed by atoms with E-state index in [2.05, 4.69) is 17.4 Å². The van der Waals surface area contributed by atoms with Crippen molar-refractivity contribution in [3.63, 3.8) is 0 Å². The highest BCUT2D eigenvalue weighted by atomic mass is 35.5. The molecule has 3 nitrogen and oxygen atoms in total. The Labute approximate surface area is 152 Å². The first-order chi connectivity index (χ1) is 12.1. The molecule has 128 valence electrons. The highest BCUT2D eigenvalue weighted by Gasteiger charge is 2.54. The van der Waals surface area contributed by atoms with Crippen LogP contribution in [0.2, 0.25) is 5.02 Å². The average molecular weight is 354 g/mol. The summed E-state index contributed by atoms with van der Waals surface area (Å²) >= 11 is 6.52. The molecule has 2 bridgehead atoms. The van der Waals surface area contributed by atoms with Gasteiger partial charge in [-0.25, -0.2) is 4.79 Å². The van der Waals surface area contributed by atoms with Gasteiger partial charge in [-0.2, -0.15) is 0 Å². The molecule has 3 aliphatic rings. The van der Waals surface area contributed by atoms with E-state index in [0.717, 1.165) is 16.3 Å². The van der Waals surface area contributed by atoms with E-state index in [-0.39, 0.29) is 6.04 Å². The second kappa shape index (κ2) is 5.50. The predicted molar refractivity (Wildman–Crippen MR) is 98.3 cm³/mol. The van der Waals surface area contributed by atoms with Crippen LogP contribution in [-0.4, -0.2) is 11.1 Å². The highest BCUT2D eigenvalue weighted by Crippen LogP contribution is 2.64. The number of benzene rings is 2. The van der Waals surface area contributed by atoms with Crippen LogP contribution in [-0.2, 0) is 0 Å². The number of fused-ring (bicyclic) bond motifs is 7. The van der Waals surface area contributed by atoms with E-state index in [1.807, 2.05) is 24.3 Å². The van der Waals surface area contributed by atoms with Gasteiger partial charge in [-0.05, 0) is 66.2 Å². The number of carbonyl (C=O) groups is 1. The fourth-order valence-electron chi connectivity index (χ4n) is 5.73. The van der Waals surface area contributed by atoms with Gasteiger partial charge < -0.3 is 10.4 Å². The van der Waals surface area contributed by atoms with Crippen molar-refractivity contribution in [3.8, 4) is 0 Å². The van der Waals surface area contributed by atoms with Crippen LogP contribution in [0.15, 0.2) is 42.5 Å². The number of nitrogens with one attached hydrogen (secondary N) is 1. The molecular weight excluding hydrogens is 334 g/mol. The van der Waals surface area contributed by atoms with Gasteiger partial charge in [0.25, 0.3) is 0 Å².